The number of hydrogen-bond acceptors (Lipinski definition) is 2. The smallest absolute Gasteiger partial charge is 0.388 e. The molecule has 0 bridgehead atoms. The van der Waals surface area contributed by atoms with Crippen LogP contribution in [-0.4, -0.2) is 10.1 Å². The van der Waals surface area contributed by atoms with E-state index in [4.69, 9.17) is 0 Å². The molecule has 0 spiro atoms. The van der Waals surface area contributed by atoms with Gasteiger partial charge in [0.15, 0.2) is 0 Å². The number of pyridine rings is 1. The second-order valence-corrected chi connectivity index (χ2v) is 4.72. The molecular formula is C14H20F3NO. The van der Waals surface area contributed by atoms with E-state index in [-0.39, 0.29) is 11.5 Å². The maximum absolute atomic E-state index is 12.9. The highest BCUT2D eigenvalue weighted by atomic mass is 19.4. The number of alkyl halides is 3. The van der Waals surface area contributed by atoms with E-state index in [0.29, 0.717) is 6.42 Å². The lowest BCUT2D eigenvalue weighted by Crippen LogP contribution is -2.18. The molecule has 108 valence electrons. The van der Waals surface area contributed by atoms with Crippen LogP contribution in [0.3, 0.4) is 0 Å². The summed E-state index contributed by atoms with van der Waals surface area (Å²) < 4.78 is 38.7. The van der Waals surface area contributed by atoms with Crippen LogP contribution < -0.4 is 0 Å². The summed E-state index contributed by atoms with van der Waals surface area (Å²) in [6, 6.07) is 0.922. The molecule has 1 N–H and O–H groups in total. The fourth-order valence-corrected chi connectivity index (χ4v) is 2.21. The Bertz CT molecular complexity index is 393. The molecule has 0 aromatic carbocycles. The molecule has 1 rings (SSSR count). The van der Waals surface area contributed by atoms with E-state index in [2.05, 4.69) is 4.98 Å². The summed E-state index contributed by atoms with van der Waals surface area (Å²) in [5.41, 5.74) is -0.900. The van der Waals surface area contributed by atoms with Gasteiger partial charge >= 0.3 is 6.18 Å². The van der Waals surface area contributed by atoms with Crippen molar-refractivity contribution in [2.45, 2.75) is 51.8 Å². The van der Waals surface area contributed by atoms with Crippen LogP contribution in [0, 0.1) is 5.92 Å². The van der Waals surface area contributed by atoms with Crippen LogP contribution in [0.5, 0.6) is 0 Å². The van der Waals surface area contributed by atoms with Gasteiger partial charge < -0.3 is 5.11 Å². The minimum atomic E-state index is -4.46. The molecule has 1 aromatic heterocycles. The zero-order valence-corrected chi connectivity index (χ0v) is 11.2. The Balaban J connectivity index is 3.01. The van der Waals surface area contributed by atoms with E-state index in [1.165, 1.54) is 0 Å². The average Bonchev–Trinajstić information content (AvgIpc) is 2.38. The minimum Gasteiger partial charge on any atom is -0.388 e. The van der Waals surface area contributed by atoms with Crippen LogP contribution in [0.25, 0.3) is 0 Å². The molecule has 2 unspecified atom stereocenters. The summed E-state index contributed by atoms with van der Waals surface area (Å²) in [6.45, 7) is 3.90. The Kier molecular flexibility index (Phi) is 5.79. The van der Waals surface area contributed by atoms with Gasteiger partial charge in [-0.15, -0.1) is 0 Å². The number of aliphatic hydroxyl groups is 1. The molecule has 0 saturated heterocycles. The summed E-state index contributed by atoms with van der Waals surface area (Å²) in [5.74, 6) is -0.162. The number of halogens is 3. The minimum absolute atomic E-state index is 0.113. The van der Waals surface area contributed by atoms with Crippen LogP contribution in [0.4, 0.5) is 13.2 Å². The molecular weight excluding hydrogens is 255 g/mol. The Hall–Kier alpha value is -1.10. The van der Waals surface area contributed by atoms with Crippen molar-refractivity contribution in [3.05, 3.63) is 29.6 Å². The maximum atomic E-state index is 12.9. The zero-order chi connectivity index (χ0) is 14.5. The lowest BCUT2D eigenvalue weighted by molar-refractivity contribution is -0.139. The molecule has 0 saturated carbocycles. The molecule has 19 heavy (non-hydrogen) atoms. The van der Waals surface area contributed by atoms with Crippen molar-refractivity contribution in [2.24, 2.45) is 5.92 Å². The SMILES string of the molecule is CCCCC(CC)C(O)c1cnccc1C(F)(F)F. The molecule has 0 fully saturated rings. The summed E-state index contributed by atoms with van der Waals surface area (Å²) in [6.07, 6.45) is -0.106. The Morgan fingerprint density at radius 3 is 2.53 bits per heavy atom. The molecule has 1 heterocycles. The van der Waals surface area contributed by atoms with Gasteiger partial charge in [0.25, 0.3) is 0 Å². The van der Waals surface area contributed by atoms with Crippen LogP contribution in [0.15, 0.2) is 18.5 Å². The van der Waals surface area contributed by atoms with Gasteiger partial charge in [0, 0.05) is 18.0 Å². The van der Waals surface area contributed by atoms with Gasteiger partial charge in [0.1, 0.15) is 0 Å². The lowest BCUT2D eigenvalue weighted by atomic mass is 9.88. The third-order valence-electron chi connectivity index (χ3n) is 3.38. The van der Waals surface area contributed by atoms with Gasteiger partial charge in [0.2, 0.25) is 0 Å². The fraction of sp³-hybridized carbons (Fsp3) is 0.643. The zero-order valence-electron chi connectivity index (χ0n) is 11.2. The first-order valence-electron chi connectivity index (χ1n) is 6.60. The first-order chi connectivity index (χ1) is 8.91. The number of nitrogens with zero attached hydrogens (tertiary/aromatic N) is 1. The third-order valence-corrected chi connectivity index (χ3v) is 3.38. The van der Waals surface area contributed by atoms with Crippen molar-refractivity contribution in [1.29, 1.82) is 0 Å². The second-order valence-electron chi connectivity index (χ2n) is 4.72. The number of aliphatic hydroxyl groups excluding tert-OH is 1. The normalized spacial score (nSPS) is 15.3. The average molecular weight is 275 g/mol. The van der Waals surface area contributed by atoms with Crippen LogP contribution >= 0.6 is 0 Å². The van der Waals surface area contributed by atoms with Crippen LogP contribution in [0.2, 0.25) is 0 Å². The number of hydrogen-bond donors (Lipinski definition) is 1. The molecule has 0 aliphatic carbocycles. The van der Waals surface area contributed by atoms with Gasteiger partial charge in [-0.25, -0.2) is 0 Å². The van der Waals surface area contributed by atoms with Crippen LogP contribution in [0.1, 0.15) is 56.8 Å². The highest BCUT2D eigenvalue weighted by Gasteiger charge is 2.36. The monoisotopic (exact) mass is 275 g/mol. The largest absolute Gasteiger partial charge is 0.416 e. The molecule has 0 radical (unpaired) electrons. The second kappa shape index (κ2) is 6.89. The van der Waals surface area contributed by atoms with Gasteiger partial charge in [-0.3, -0.25) is 4.98 Å². The van der Waals surface area contributed by atoms with Crippen molar-refractivity contribution < 1.29 is 18.3 Å². The Morgan fingerprint density at radius 1 is 1.32 bits per heavy atom. The Labute approximate surface area is 111 Å². The molecule has 2 nitrogen and oxygen atoms in total. The first-order valence-corrected chi connectivity index (χ1v) is 6.60. The lowest BCUT2D eigenvalue weighted by Gasteiger charge is -2.24. The number of aromatic nitrogens is 1. The first kappa shape index (κ1) is 16.0. The molecule has 2 atom stereocenters. The third kappa shape index (κ3) is 4.20. The summed E-state index contributed by atoms with van der Waals surface area (Å²) >= 11 is 0. The highest BCUT2D eigenvalue weighted by Crippen LogP contribution is 2.37. The van der Waals surface area contributed by atoms with E-state index in [1.807, 2.05) is 13.8 Å². The van der Waals surface area contributed by atoms with E-state index in [9.17, 15) is 18.3 Å². The molecule has 5 heteroatoms. The van der Waals surface area contributed by atoms with Crippen molar-refractivity contribution in [1.82, 2.24) is 4.98 Å². The summed E-state index contributed by atoms with van der Waals surface area (Å²) in [4.78, 5) is 3.72. The molecule has 0 aliphatic rings. The molecule has 0 aliphatic heterocycles. The van der Waals surface area contributed by atoms with Gasteiger partial charge in [-0.05, 0) is 18.4 Å². The number of rotatable bonds is 6. The predicted molar refractivity (Wildman–Crippen MR) is 67.5 cm³/mol. The fourth-order valence-electron chi connectivity index (χ4n) is 2.21. The van der Waals surface area contributed by atoms with Crippen molar-refractivity contribution >= 4 is 0 Å². The standard InChI is InChI=1S/C14H20F3NO/c1-3-5-6-10(4-2)13(19)11-9-18-8-7-12(11)14(15,16)17/h7-10,13,19H,3-6H2,1-2H3. The van der Waals surface area contributed by atoms with E-state index in [1.54, 1.807) is 0 Å². The van der Waals surface area contributed by atoms with Crippen LogP contribution in [-0.2, 0) is 6.18 Å². The topological polar surface area (TPSA) is 33.1 Å². The molecule has 1 aromatic rings. The number of unbranched alkanes of at least 4 members (excludes halogenated alkanes) is 1. The summed E-state index contributed by atoms with van der Waals surface area (Å²) in [5, 5.41) is 10.2. The van der Waals surface area contributed by atoms with E-state index >= 15 is 0 Å². The quantitative estimate of drug-likeness (QED) is 0.837. The summed E-state index contributed by atoms with van der Waals surface area (Å²) in [7, 11) is 0. The predicted octanol–water partition coefficient (Wildman–Crippen LogP) is 4.35. The maximum Gasteiger partial charge on any atom is 0.416 e. The van der Waals surface area contributed by atoms with Gasteiger partial charge in [-0.1, -0.05) is 33.1 Å². The Morgan fingerprint density at radius 2 is 2.00 bits per heavy atom. The van der Waals surface area contributed by atoms with Gasteiger partial charge in [0.05, 0.1) is 11.7 Å². The van der Waals surface area contributed by atoms with E-state index < -0.39 is 17.8 Å². The van der Waals surface area contributed by atoms with E-state index in [0.717, 1.165) is 37.7 Å². The van der Waals surface area contributed by atoms with Gasteiger partial charge in [-0.2, -0.15) is 13.2 Å². The molecule has 0 amide bonds. The van der Waals surface area contributed by atoms with Crippen molar-refractivity contribution in [2.75, 3.05) is 0 Å². The van der Waals surface area contributed by atoms with Crippen molar-refractivity contribution in [3.63, 3.8) is 0 Å². The van der Waals surface area contributed by atoms with Crippen molar-refractivity contribution in [3.8, 4) is 0 Å². The highest BCUT2D eigenvalue weighted by molar-refractivity contribution is 5.28.